The van der Waals surface area contributed by atoms with Crippen molar-refractivity contribution in [2.24, 2.45) is 5.92 Å². The molecule has 0 N–H and O–H groups in total. The molecular weight excluding hydrogens is 296 g/mol. The van der Waals surface area contributed by atoms with Gasteiger partial charge in [-0.05, 0) is 31.6 Å². The maximum atomic E-state index is 6.30. The summed E-state index contributed by atoms with van der Waals surface area (Å²) in [6.45, 7) is 6.43. The highest BCUT2D eigenvalue weighted by atomic mass is 32.1. The Labute approximate surface area is 136 Å². The van der Waals surface area contributed by atoms with E-state index in [4.69, 9.17) is 4.74 Å². The summed E-state index contributed by atoms with van der Waals surface area (Å²) in [7, 11) is 0. The molecule has 1 aromatic rings. The van der Waals surface area contributed by atoms with Crippen LogP contribution in [0.4, 0.5) is 5.13 Å². The molecule has 122 valence electrons. The van der Waals surface area contributed by atoms with Crippen LogP contribution in [0.25, 0.3) is 0 Å². The van der Waals surface area contributed by atoms with Gasteiger partial charge in [0.15, 0.2) is 0 Å². The quantitative estimate of drug-likeness (QED) is 0.855. The smallest absolute Gasteiger partial charge is 0.208 e. The van der Waals surface area contributed by atoms with Crippen LogP contribution in [-0.2, 0) is 4.74 Å². The molecule has 0 bridgehead atoms. The lowest BCUT2D eigenvalue weighted by Crippen LogP contribution is -2.60. The molecule has 0 radical (unpaired) electrons. The standard InChI is InChI=1S/C16H26N4OS/c1-2-5-14(4-1)10-19-8-9-21-16(11-19)6-3-7-20(12-16)15-18-17-13-22-15/h13-14H,1-12H2. The van der Waals surface area contributed by atoms with Gasteiger partial charge in [0.2, 0.25) is 5.13 Å². The second-order valence-corrected chi connectivity index (χ2v) is 7.98. The zero-order valence-corrected chi connectivity index (χ0v) is 14.1. The number of hydrogen-bond donors (Lipinski definition) is 0. The fourth-order valence-electron chi connectivity index (χ4n) is 4.45. The van der Waals surface area contributed by atoms with Crippen molar-refractivity contribution in [1.82, 2.24) is 15.1 Å². The van der Waals surface area contributed by atoms with Crippen LogP contribution in [0.3, 0.4) is 0 Å². The molecule has 1 atom stereocenters. The van der Waals surface area contributed by atoms with Crippen molar-refractivity contribution < 1.29 is 4.74 Å². The monoisotopic (exact) mass is 322 g/mol. The van der Waals surface area contributed by atoms with Crippen LogP contribution in [0.5, 0.6) is 0 Å². The fraction of sp³-hybridized carbons (Fsp3) is 0.875. The fourth-order valence-corrected chi connectivity index (χ4v) is 5.04. The molecule has 6 heteroatoms. The molecule has 1 aliphatic carbocycles. The molecule has 2 saturated heterocycles. The van der Waals surface area contributed by atoms with E-state index >= 15 is 0 Å². The van der Waals surface area contributed by atoms with Crippen LogP contribution in [0, 0.1) is 5.92 Å². The third-order valence-corrected chi connectivity index (χ3v) is 6.23. The van der Waals surface area contributed by atoms with Crippen molar-refractivity contribution in [2.75, 3.05) is 44.2 Å². The van der Waals surface area contributed by atoms with Gasteiger partial charge < -0.3 is 9.64 Å². The van der Waals surface area contributed by atoms with E-state index in [9.17, 15) is 0 Å². The van der Waals surface area contributed by atoms with Gasteiger partial charge in [-0.25, -0.2) is 0 Å². The molecule has 0 aromatic carbocycles. The number of nitrogens with zero attached hydrogens (tertiary/aromatic N) is 4. The number of aromatic nitrogens is 2. The molecule has 5 nitrogen and oxygen atoms in total. The van der Waals surface area contributed by atoms with E-state index < -0.39 is 0 Å². The third kappa shape index (κ3) is 3.14. The summed E-state index contributed by atoms with van der Waals surface area (Å²) in [5, 5.41) is 9.29. The zero-order chi connectivity index (χ0) is 14.8. The molecule has 1 aromatic heterocycles. The second kappa shape index (κ2) is 6.42. The predicted molar refractivity (Wildman–Crippen MR) is 88.4 cm³/mol. The van der Waals surface area contributed by atoms with Gasteiger partial charge in [0.05, 0.1) is 18.8 Å². The average Bonchev–Trinajstić information content (AvgIpc) is 3.21. The summed E-state index contributed by atoms with van der Waals surface area (Å²) in [5.41, 5.74) is 1.84. The highest BCUT2D eigenvalue weighted by molar-refractivity contribution is 7.13. The topological polar surface area (TPSA) is 41.5 Å². The maximum absolute atomic E-state index is 6.30. The van der Waals surface area contributed by atoms with Crippen molar-refractivity contribution >= 4 is 16.5 Å². The Morgan fingerprint density at radius 2 is 2.14 bits per heavy atom. The van der Waals surface area contributed by atoms with Crippen LogP contribution in [0.15, 0.2) is 5.51 Å². The summed E-state index contributed by atoms with van der Waals surface area (Å²) in [5.74, 6) is 0.929. The number of rotatable bonds is 3. The lowest BCUT2D eigenvalue weighted by molar-refractivity contribution is -0.116. The number of anilines is 1. The van der Waals surface area contributed by atoms with Gasteiger partial charge in [-0.3, -0.25) is 4.90 Å². The first-order chi connectivity index (χ1) is 10.8. The summed E-state index contributed by atoms with van der Waals surface area (Å²) < 4.78 is 6.30. The first-order valence-electron chi connectivity index (χ1n) is 8.70. The minimum atomic E-state index is 0.0147. The maximum Gasteiger partial charge on any atom is 0.208 e. The first kappa shape index (κ1) is 14.8. The minimum Gasteiger partial charge on any atom is -0.370 e. The summed E-state index contributed by atoms with van der Waals surface area (Å²) in [4.78, 5) is 5.04. The van der Waals surface area contributed by atoms with Gasteiger partial charge in [0.1, 0.15) is 5.51 Å². The van der Waals surface area contributed by atoms with Crippen molar-refractivity contribution in [3.63, 3.8) is 0 Å². The summed E-state index contributed by atoms with van der Waals surface area (Å²) >= 11 is 1.64. The Balaban J connectivity index is 1.41. The highest BCUT2D eigenvalue weighted by Crippen LogP contribution is 2.33. The third-order valence-electron chi connectivity index (χ3n) is 5.48. The largest absolute Gasteiger partial charge is 0.370 e. The van der Waals surface area contributed by atoms with Crippen molar-refractivity contribution in [3.8, 4) is 0 Å². The van der Waals surface area contributed by atoms with Crippen molar-refractivity contribution in [2.45, 2.75) is 44.1 Å². The van der Waals surface area contributed by atoms with E-state index in [2.05, 4.69) is 20.0 Å². The Hall–Kier alpha value is -0.720. The molecule has 3 fully saturated rings. The summed E-state index contributed by atoms with van der Waals surface area (Å²) in [6, 6.07) is 0. The van der Waals surface area contributed by atoms with Gasteiger partial charge in [-0.15, -0.1) is 10.2 Å². The van der Waals surface area contributed by atoms with E-state index in [1.54, 1.807) is 11.3 Å². The molecule has 3 aliphatic rings. The Kier molecular flexibility index (Phi) is 4.33. The molecule has 4 rings (SSSR count). The van der Waals surface area contributed by atoms with Crippen LogP contribution in [0.1, 0.15) is 38.5 Å². The van der Waals surface area contributed by atoms with E-state index in [1.807, 2.05) is 5.51 Å². The molecule has 3 heterocycles. The zero-order valence-electron chi connectivity index (χ0n) is 13.2. The Morgan fingerprint density at radius 3 is 2.95 bits per heavy atom. The van der Waals surface area contributed by atoms with Crippen molar-refractivity contribution in [1.29, 1.82) is 0 Å². The molecule has 1 saturated carbocycles. The normalized spacial score (nSPS) is 31.2. The van der Waals surface area contributed by atoms with Crippen LogP contribution in [0.2, 0.25) is 0 Å². The lowest BCUT2D eigenvalue weighted by atomic mass is 9.90. The van der Waals surface area contributed by atoms with Crippen LogP contribution >= 0.6 is 11.3 Å². The number of piperidine rings is 1. The Morgan fingerprint density at radius 1 is 1.23 bits per heavy atom. The number of morpholine rings is 1. The number of hydrogen-bond acceptors (Lipinski definition) is 6. The number of ether oxygens (including phenoxy) is 1. The Bertz CT molecular complexity index is 473. The molecule has 1 unspecified atom stereocenters. The van der Waals surface area contributed by atoms with E-state index in [1.165, 1.54) is 45.1 Å². The van der Waals surface area contributed by atoms with E-state index in [0.29, 0.717) is 0 Å². The molecule has 22 heavy (non-hydrogen) atoms. The summed E-state index contributed by atoms with van der Waals surface area (Å²) in [6.07, 6.45) is 8.11. The molecule has 1 spiro atoms. The van der Waals surface area contributed by atoms with Gasteiger partial charge in [0, 0.05) is 26.2 Å². The van der Waals surface area contributed by atoms with Crippen molar-refractivity contribution in [3.05, 3.63) is 5.51 Å². The molecule has 0 amide bonds. The molecule has 2 aliphatic heterocycles. The average molecular weight is 322 g/mol. The van der Waals surface area contributed by atoms with E-state index in [0.717, 1.165) is 43.8 Å². The first-order valence-corrected chi connectivity index (χ1v) is 9.58. The second-order valence-electron chi connectivity index (χ2n) is 7.16. The lowest BCUT2D eigenvalue weighted by Gasteiger charge is -2.48. The van der Waals surface area contributed by atoms with Gasteiger partial charge in [-0.2, -0.15) is 0 Å². The minimum absolute atomic E-state index is 0.0147. The van der Waals surface area contributed by atoms with Gasteiger partial charge in [-0.1, -0.05) is 24.2 Å². The van der Waals surface area contributed by atoms with E-state index in [-0.39, 0.29) is 5.60 Å². The molecular formula is C16H26N4OS. The van der Waals surface area contributed by atoms with Crippen LogP contribution in [-0.4, -0.2) is 60.0 Å². The SMILES string of the molecule is c1nnc(N2CCCC3(CN(CC4CCCC4)CCO3)C2)s1. The van der Waals surface area contributed by atoms with Gasteiger partial charge >= 0.3 is 0 Å². The van der Waals surface area contributed by atoms with Crippen LogP contribution < -0.4 is 4.90 Å². The predicted octanol–water partition coefficient (Wildman–Crippen LogP) is 2.40. The van der Waals surface area contributed by atoms with Gasteiger partial charge in [0.25, 0.3) is 0 Å². The highest BCUT2D eigenvalue weighted by Gasteiger charge is 2.41.